The van der Waals surface area contributed by atoms with Gasteiger partial charge in [0, 0.05) is 84.4 Å². The van der Waals surface area contributed by atoms with Crippen molar-refractivity contribution in [3.05, 3.63) is 141 Å². The molecule has 8 aromatic rings. The lowest BCUT2D eigenvalue weighted by Crippen LogP contribution is -2.48. The summed E-state index contributed by atoms with van der Waals surface area (Å²) >= 11 is 12.9. The van der Waals surface area contributed by atoms with E-state index in [-0.39, 0.29) is 86.9 Å². The van der Waals surface area contributed by atoms with E-state index in [1.807, 2.05) is 64.2 Å². The average Bonchev–Trinajstić information content (AvgIpc) is 4.21. The number of aryl methyl sites for hydroxylation is 2. The van der Waals surface area contributed by atoms with Crippen LogP contribution in [0.4, 0.5) is 24.8 Å². The number of anilines is 2. The molecule has 7 heterocycles. The van der Waals surface area contributed by atoms with Gasteiger partial charge in [-0.1, -0.05) is 49.2 Å². The van der Waals surface area contributed by atoms with Crippen molar-refractivity contribution in [3.8, 4) is 33.8 Å². The van der Waals surface area contributed by atoms with Gasteiger partial charge in [0.15, 0.2) is 17.4 Å². The van der Waals surface area contributed by atoms with Gasteiger partial charge in [-0.25, -0.2) is 33.1 Å². The predicted molar refractivity (Wildman–Crippen MR) is 307 cm³/mol. The quantitative estimate of drug-likeness (QED) is 0.0923. The summed E-state index contributed by atoms with van der Waals surface area (Å²) in [5, 5.41) is 2.47. The van der Waals surface area contributed by atoms with E-state index in [0.717, 1.165) is 0 Å². The number of imidazole rings is 2. The zero-order chi connectivity index (χ0) is 59.2. The van der Waals surface area contributed by atoms with Crippen LogP contribution < -0.4 is 26.3 Å². The second-order valence-corrected chi connectivity index (χ2v) is 22.4. The second kappa shape index (κ2) is 23.3. The van der Waals surface area contributed by atoms with Crippen molar-refractivity contribution in [1.82, 2.24) is 48.9 Å². The molecule has 0 radical (unpaired) electrons. The summed E-state index contributed by atoms with van der Waals surface area (Å²) in [6.07, 6.45) is 9.53. The topological polar surface area (TPSA) is 223 Å². The highest BCUT2D eigenvalue weighted by Gasteiger charge is 2.34. The molecule has 9 rings (SSSR count). The highest BCUT2D eigenvalue weighted by molar-refractivity contribution is 6.31. The lowest BCUT2D eigenvalue weighted by molar-refractivity contribution is -0.121. The van der Waals surface area contributed by atoms with Gasteiger partial charge in [-0.15, -0.1) is 0 Å². The van der Waals surface area contributed by atoms with Crippen LogP contribution in [0.25, 0.3) is 33.3 Å². The number of fused-ring (bicyclic) bond motifs is 2. The predicted octanol–water partition coefficient (Wildman–Crippen LogP) is 11.9. The molecule has 22 heteroatoms. The molecular weight excluding hydrogens is 1080 g/mol. The molecule has 17 nitrogen and oxygen atoms in total. The number of nitrogens with two attached hydrogens (primary N) is 2. The number of benzene rings is 2. The van der Waals surface area contributed by atoms with E-state index in [4.69, 9.17) is 54.1 Å². The molecule has 2 aromatic carbocycles. The Balaban J connectivity index is 0.000000213. The summed E-state index contributed by atoms with van der Waals surface area (Å²) in [5.41, 5.74) is 15.3. The number of ketones is 1. The fourth-order valence-corrected chi connectivity index (χ4v) is 10.1. The third-order valence-electron chi connectivity index (χ3n) is 14.3. The summed E-state index contributed by atoms with van der Waals surface area (Å²) in [7, 11) is 0. The Bertz CT molecular complexity index is 3710. The van der Waals surface area contributed by atoms with Crippen LogP contribution in [-0.4, -0.2) is 97.7 Å². The molecule has 1 fully saturated rings. The lowest BCUT2D eigenvalue weighted by Gasteiger charge is -2.33. The van der Waals surface area contributed by atoms with Crippen molar-refractivity contribution in [2.75, 3.05) is 24.6 Å². The number of rotatable bonds is 14. The standard InChI is InChI=1S/C30H33ClF2N6O2.C29H32ClFN6O3/c1-16(2)41-26-20(17(3)28-37-18(4)25-27(34)35-10-13-39(25)28)14-21(31)24(32)23(26)19-6-7-22(36-15-19)29(40)38-11-8-30(5,33)9-12-38;1-14(2)40-25-19(15(3)27-35-16(4)24-26(32)33-10-11-37(24)27)12-20(30)23(31)22(25)18-8-9-21(34-13-18)28(39)36-29(6,7)17(5)38/h6-7,10,13-17H,8-9,11-12H2,1-5H3,(H2,34,35);8-15H,1-7H3,(H2,32,33)(H,36,39)/t17-;15-/m00/s1. The van der Waals surface area contributed by atoms with Gasteiger partial charge in [0.05, 0.1) is 50.3 Å². The fourth-order valence-electron chi connectivity index (χ4n) is 9.69. The van der Waals surface area contributed by atoms with Gasteiger partial charge in [0.25, 0.3) is 11.8 Å². The Hall–Kier alpha value is -7.84. The summed E-state index contributed by atoms with van der Waals surface area (Å²) in [6.45, 7) is 21.7. The van der Waals surface area contributed by atoms with Gasteiger partial charge >= 0.3 is 0 Å². The van der Waals surface area contributed by atoms with E-state index in [1.165, 1.54) is 25.4 Å². The molecule has 1 aliphatic heterocycles. The Labute approximate surface area is 477 Å². The van der Waals surface area contributed by atoms with Crippen molar-refractivity contribution < 1.29 is 37.0 Å². The molecule has 5 N–H and O–H groups in total. The first kappa shape index (κ1) is 59.3. The number of Topliss-reactive ketones (excluding diaryl/α,β-unsaturated/α-hetero) is 1. The highest BCUT2D eigenvalue weighted by atomic mass is 35.5. The number of pyridine rings is 2. The van der Waals surface area contributed by atoms with E-state index in [2.05, 4.69) is 25.3 Å². The first-order valence-corrected chi connectivity index (χ1v) is 27.2. The molecule has 0 bridgehead atoms. The number of likely N-dealkylation sites (tertiary alicyclic amines) is 1. The van der Waals surface area contributed by atoms with Crippen molar-refractivity contribution in [2.45, 2.75) is 131 Å². The summed E-state index contributed by atoms with van der Waals surface area (Å²) in [5.74, 6) is -0.488. The molecule has 0 aliphatic carbocycles. The molecule has 426 valence electrons. The van der Waals surface area contributed by atoms with Crippen molar-refractivity contribution in [1.29, 1.82) is 0 Å². The van der Waals surface area contributed by atoms with E-state index in [1.54, 1.807) is 80.8 Å². The smallest absolute Gasteiger partial charge is 0.272 e. The number of carbonyl (C=O) groups excluding carboxylic acids is 3. The fraction of sp³-hybridized carbons (Fsp3) is 0.373. The molecule has 1 saturated heterocycles. The Morgan fingerprint density at radius 2 is 1.12 bits per heavy atom. The van der Waals surface area contributed by atoms with Crippen molar-refractivity contribution in [3.63, 3.8) is 0 Å². The number of nitrogen functional groups attached to an aromatic ring is 2. The number of nitrogens with one attached hydrogen (secondary N) is 1. The lowest BCUT2D eigenvalue weighted by atomic mass is 9.93. The number of alkyl halides is 1. The van der Waals surface area contributed by atoms with E-state index in [0.29, 0.717) is 86.8 Å². The third-order valence-corrected chi connectivity index (χ3v) is 14.9. The zero-order valence-corrected chi connectivity index (χ0v) is 48.7. The normalized spacial score (nSPS) is 14.2. The van der Waals surface area contributed by atoms with Crippen molar-refractivity contribution in [2.24, 2.45) is 0 Å². The number of aromatic nitrogens is 8. The maximum atomic E-state index is 15.8. The monoisotopic (exact) mass is 1150 g/mol. The largest absolute Gasteiger partial charge is 0.490 e. The van der Waals surface area contributed by atoms with Gasteiger partial charge in [-0.2, -0.15) is 0 Å². The number of piperidine rings is 1. The van der Waals surface area contributed by atoms with Gasteiger partial charge in [-0.05, 0) is 106 Å². The molecule has 0 saturated carbocycles. The minimum atomic E-state index is -1.27. The van der Waals surface area contributed by atoms with Gasteiger partial charge in [0.1, 0.15) is 62.9 Å². The average molecular weight is 1150 g/mol. The Kier molecular flexibility index (Phi) is 17.1. The minimum Gasteiger partial charge on any atom is -0.490 e. The second-order valence-electron chi connectivity index (χ2n) is 21.6. The van der Waals surface area contributed by atoms with Crippen LogP contribution in [-0.2, 0) is 4.79 Å². The third kappa shape index (κ3) is 12.1. The minimum absolute atomic E-state index is 0.0750. The van der Waals surface area contributed by atoms with Gasteiger partial charge in [-0.3, -0.25) is 33.2 Å². The van der Waals surface area contributed by atoms with Crippen LogP contribution in [0.3, 0.4) is 0 Å². The summed E-state index contributed by atoms with van der Waals surface area (Å²) in [6, 6.07) is 9.31. The Morgan fingerprint density at radius 1 is 0.704 bits per heavy atom. The molecule has 2 amide bonds. The highest BCUT2D eigenvalue weighted by Crippen LogP contribution is 2.46. The number of ether oxygens (including phenoxy) is 2. The molecule has 81 heavy (non-hydrogen) atoms. The number of nitrogens with zero attached hydrogens (tertiary/aromatic N) is 9. The molecule has 0 spiro atoms. The van der Waals surface area contributed by atoms with Crippen LogP contribution >= 0.6 is 23.2 Å². The maximum Gasteiger partial charge on any atom is 0.272 e. The first-order chi connectivity index (χ1) is 38.1. The number of amides is 2. The van der Waals surface area contributed by atoms with E-state index >= 15 is 8.78 Å². The number of hydrogen-bond acceptors (Lipinski definition) is 13. The zero-order valence-electron chi connectivity index (χ0n) is 47.2. The molecular formula is C59H65Cl2F3N12O5. The van der Waals surface area contributed by atoms with Crippen LogP contribution in [0.1, 0.15) is 149 Å². The van der Waals surface area contributed by atoms with E-state index < -0.39 is 28.7 Å². The first-order valence-electron chi connectivity index (χ1n) is 26.4. The van der Waals surface area contributed by atoms with Gasteiger partial charge < -0.3 is 31.2 Å². The maximum absolute atomic E-state index is 15.8. The van der Waals surface area contributed by atoms with E-state index in [9.17, 15) is 18.8 Å². The molecule has 0 unspecified atom stereocenters. The van der Waals surface area contributed by atoms with Crippen molar-refractivity contribution >= 4 is 63.5 Å². The van der Waals surface area contributed by atoms with Crippen LogP contribution in [0.2, 0.25) is 10.0 Å². The molecule has 6 aromatic heterocycles. The molecule has 1 aliphatic rings. The van der Waals surface area contributed by atoms with Crippen LogP contribution in [0.5, 0.6) is 11.5 Å². The SMILES string of the molecule is CC(=O)C(C)(C)NC(=O)c1ccc(-c2c(F)c(Cl)cc([C@H](C)c3nc(C)c4c(N)nccn34)c2OC(C)C)cn1.Cc1nc([C@@H](C)c2cc(Cl)c(F)c(-c3ccc(C(=O)N4CCC(C)(F)CC4)nc3)c2OC(C)C)n2ccnc(N)c12. The van der Waals surface area contributed by atoms with Crippen LogP contribution in [0.15, 0.2) is 73.6 Å². The summed E-state index contributed by atoms with van der Waals surface area (Å²) < 4.78 is 61.9. The van der Waals surface area contributed by atoms with Gasteiger partial charge in [0.2, 0.25) is 0 Å². The Morgan fingerprint density at radius 3 is 1.51 bits per heavy atom. The number of halogens is 5. The summed E-state index contributed by atoms with van der Waals surface area (Å²) in [4.78, 5) is 65.6. The van der Waals surface area contributed by atoms with Crippen LogP contribution in [0, 0.1) is 25.5 Å². The number of hydrogen-bond donors (Lipinski definition) is 3. The number of carbonyl (C=O) groups is 3. The molecule has 2 atom stereocenters.